The van der Waals surface area contributed by atoms with Crippen molar-refractivity contribution in [1.82, 2.24) is 0 Å². The molecule has 0 N–H and O–H groups in total. The van der Waals surface area contributed by atoms with E-state index in [1.807, 2.05) is 0 Å². The Bertz CT molecular complexity index is 406. The Kier molecular flexibility index (Phi) is 4.21. The number of halogens is 1. The third-order valence-electron chi connectivity index (χ3n) is 4.54. The summed E-state index contributed by atoms with van der Waals surface area (Å²) in [6.45, 7) is 9.19. The number of hydrogen-bond acceptors (Lipinski definition) is 1. The molecular weight excluding hydrogens is 242 g/mol. The molecule has 1 heterocycles. The lowest BCUT2D eigenvalue weighted by Crippen LogP contribution is -2.38. The quantitative estimate of drug-likeness (QED) is 0.713. The maximum atomic E-state index is 6.08. The number of hydrogen-bond donors (Lipinski definition) is 0. The molecule has 1 aromatic carbocycles. The zero-order valence-electron chi connectivity index (χ0n) is 11.8. The first-order chi connectivity index (χ1) is 8.58. The third kappa shape index (κ3) is 2.83. The second-order valence-electron chi connectivity index (χ2n) is 5.92. The van der Waals surface area contributed by atoms with Gasteiger partial charge in [-0.15, -0.1) is 11.6 Å². The molecule has 0 aromatic heterocycles. The maximum absolute atomic E-state index is 6.08. The molecule has 1 aliphatic heterocycles. The summed E-state index contributed by atoms with van der Waals surface area (Å²) in [6, 6.07) is 6.65. The predicted octanol–water partition coefficient (Wildman–Crippen LogP) is 4.75. The summed E-state index contributed by atoms with van der Waals surface area (Å²) in [7, 11) is 0. The van der Waals surface area contributed by atoms with Crippen molar-refractivity contribution in [3.05, 3.63) is 29.3 Å². The van der Waals surface area contributed by atoms with E-state index in [2.05, 4.69) is 43.9 Å². The molecule has 0 amide bonds. The summed E-state index contributed by atoms with van der Waals surface area (Å²) in [5, 5.41) is 0. The van der Waals surface area contributed by atoms with E-state index in [0.717, 1.165) is 13.1 Å². The number of aryl methyl sites for hydroxylation is 1. The maximum Gasteiger partial charge on any atom is 0.0494 e. The summed E-state index contributed by atoms with van der Waals surface area (Å²) in [6.07, 6.45) is 3.87. The van der Waals surface area contributed by atoms with Crippen LogP contribution in [0, 0.1) is 12.3 Å². The van der Waals surface area contributed by atoms with Crippen molar-refractivity contribution >= 4 is 17.3 Å². The molecular formula is C16H24ClN. The molecule has 0 radical (unpaired) electrons. The number of alkyl halides is 1. The fourth-order valence-corrected chi connectivity index (χ4v) is 2.98. The summed E-state index contributed by atoms with van der Waals surface area (Å²) in [4.78, 5) is 2.51. The van der Waals surface area contributed by atoms with Crippen LogP contribution in [0.5, 0.6) is 0 Å². The third-order valence-corrected chi connectivity index (χ3v) is 4.83. The molecule has 18 heavy (non-hydrogen) atoms. The Labute approximate surface area is 116 Å². The van der Waals surface area contributed by atoms with Crippen LogP contribution >= 0.6 is 11.6 Å². The Hall–Kier alpha value is -0.690. The SMILES string of the molecule is CCC1(C)CCN(c2ccc(C)cc2CCl)CC1. The summed E-state index contributed by atoms with van der Waals surface area (Å²) < 4.78 is 0. The van der Waals surface area contributed by atoms with Gasteiger partial charge in [-0.05, 0) is 36.8 Å². The second-order valence-corrected chi connectivity index (χ2v) is 6.18. The Morgan fingerprint density at radius 1 is 1.28 bits per heavy atom. The lowest BCUT2D eigenvalue weighted by atomic mass is 9.78. The van der Waals surface area contributed by atoms with Crippen molar-refractivity contribution in [2.24, 2.45) is 5.41 Å². The summed E-state index contributed by atoms with van der Waals surface area (Å²) >= 11 is 6.08. The van der Waals surface area contributed by atoms with Crippen molar-refractivity contribution in [1.29, 1.82) is 0 Å². The van der Waals surface area contributed by atoms with Gasteiger partial charge in [0.2, 0.25) is 0 Å². The van der Waals surface area contributed by atoms with Gasteiger partial charge < -0.3 is 4.90 Å². The van der Waals surface area contributed by atoms with Crippen molar-refractivity contribution in [2.75, 3.05) is 18.0 Å². The summed E-state index contributed by atoms with van der Waals surface area (Å²) in [5.74, 6) is 0.610. The van der Waals surface area contributed by atoms with Crippen LogP contribution in [0.25, 0.3) is 0 Å². The van der Waals surface area contributed by atoms with Gasteiger partial charge in [0.25, 0.3) is 0 Å². The van der Waals surface area contributed by atoms with Gasteiger partial charge in [0.15, 0.2) is 0 Å². The molecule has 0 spiro atoms. The first-order valence-electron chi connectivity index (χ1n) is 6.98. The smallest absolute Gasteiger partial charge is 0.0494 e. The molecule has 1 fully saturated rings. The molecule has 1 nitrogen and oxygen atoms in total. The van der Waals surface area contributed by atoms with Gasteiger partial charge in [-0.25, -0.2) is 0 Å². The van der Waals surface area contributed by atoms with Gasteiger partial charge in [-0.3, -0.25) is 0 Å². The highest BCUT2D eigenvalue weighted by molar-refractivity contribution is 6.17. The molecule has 0 aliphatic carbocycles. The lowest BCUT2D eigenvalue weighted by molar-refractivity contribution is 0.238. The van der Waals surface area contributed by atoms with Crippen molar-refractivity contribution in [3.63, 3.8) is 0 Å². The molecule has 0 bridgehead atoms. The number of piperidine rings is 1. The van der Waals surface area contributed by atoms with Crippen LogP contribution in [-0.2, 0) is 5.88 Å². The van der Waals surface area contributed by atoms with Crippen molar-refractivity contribution in [3.8, 4) is 0 Å². The molecule has 2 heteroatoms. The number of rotatable bonds is 3. The normalized spacial score (nSPS) is 19.0. The Morgan fingerprint density at radius 2 is 1.94 bits per heavy atom. The zero-order chi connectivity index (χ0) is 13.2. The van der Waals surface area contributed by atoms with Crippen LogP contribution in [0.4, 0.5) is 5.69 Å². The highest BCUT2D eigenvalue weighted by atomic mass is 35.5. The van der Waals surface area contributed by atoms with E-state index in [9.17, 15) is 0 Å². The Balaban J connectivity index is 2.14. The van der Waals surface area contributed by atoms with E-state index < -0.39 is 0 Å². The Morgan fingerprint density at radius 3 is 2.50 bits per heavy atom. The minimum absolute atomic E-state index is 0.544. The fourth-order valence-electron chi connectivity index (χ4n) is 2.77. The van der Waals surface area contributed by atoms with E-state index in [-0.39, 0.29) is 0 Å². The topological polar surface area (TPSA) is 3.24 Å². The number of anilines is 1. The summed E-state index contributed by atoms with van der Waals surface area (Å²) in [5.41, 5.74) is 4.46. The van der Waals surface area contributed by atoms with Crippen molar-refractivity contribution in [2.45, 2.75) is 45.9 Å². The standard InChI is InChI=1S/C16H24ClN/c1-4-16(3)7-9-18(10-8-16)15-6-5-13(2)11-14(15)12-17/h5-6,11H,4,7-10,12H2,1-3H3. The van der Waals surface area contributed by atoms with Crippen LogP contribution in [0.1, 0.15) is 44.2 Å². The van der Waals surface area contributed by atoms with Gasteiger partial charge in [0.1, 0.15) is 0 Å². The molecule has 0 unspecified atom stereocenters. The zero-order valence-corrected chi connectivity index (χ0v) is 12.6. The van der Waals surface area contributed by atoms with Crippen LogP contribution in [0.3, 0.4) is 0 Å². The molecule has 1 saturated heterocycles. The van der Waals surface area contributed by atoms with Gasteiger partial charge in [0, 0.05) is 24.7 Å². The number of benzene rings is 1. The predicted molar refractivity (Wildman–Crippen MR) is 80.6 cm³/mol. The second kappa shape index (κ2) is 5.52. The molecule has 0 atom stereocenters. The fraction of sp³-hybridized carbons (Fsp3) is 0.625. The van der Waals surface area contributed by atoms with E-state index in [0.29, 0.717) is 11.3 Å². The van der Waals surface area contributed by atoms with Gasteiger partial charge in [-0.2, -0.15) is 0 Å². The van der Waals surface area contributed by atoms with Crippen LogP contribution in [0.15, 0.2) is 18.2 Å². The average Bonchev–Trinajstić information content (AvgIpc) is 2.40. The molecule has 2 rings (SSSR count). The van der Waals surface area contributed by atoms with Gasteiger partial charge >= 0.3 is 0 Å². The van der Waals surface area contributed by atoms with E-state index in [1.54, 1.807) is 0 Å². The molecule has 0 saturated carbocycles. The molecule has 1 aliphatic rings. The van der Waals surface area contributed by atoms with Crippen LogP contribution < -0.4 is 4.90 Å². The number of nitrogens with zero attached hydrogens (tertiary/aromatic N) is 1. The largest absolute Gasteiger partial charge is 0.371 e. The van der Waals surface area contributed by atoms with Gasteiger partial charge in [-0.1, -0.05) is 38.0 Å². The lowest BCUT2D eigenvalue weighted by Gasteiger charge is -2.40. The minimum atomic E-state index is 0.544. The highest BCUT2D eigenvalue weighted by Gasteiger charge is 2.28. The molecule has 100 valence electrons. The van der Waals surface area contributed by atoms with E-state index >= 15 is 0 Å². The van der Waals surface area contributed by atoms with Crippen LogP contribution in [0.2, 0.25) is 0 Å². The first kappa shape index (κ1) is 13.7. The monoisotopic (exact) mass is 265 g/mol. The van der Waals surface area contributed by atoms with Crippen molar-refractivity contribution < 1.29 is 0 Å². The van der Waals surface area contributed by atoms with E-state index in [4.69, 9.17) is 11.6 Å². The van der Waals surface area contributed by atoms with Gasteiger partial charge in [0.05, 0.1) is 0 Å². The minimum Gasteiger partial charge on any atom is -0.371 e. The van der Waals surface area contributed by atoms with Crippen LogP contribution in [-0.4, -0.2) is 13.1 Å². The van der Waals surface area contributed by atoms with E-state index in [1.165, 1.54) is 36.1 Å². The average molecular weight is 266 g/mol. The highest BCUT2D eigenvalue weighted by Crippen LogP contribution is 2.36. The molecule has 1 aromatic rings. The first-order valence-corrected chi connectivity index (χ1v) is 7.52.